The lowest BCUT2D eigenvalue weighted by Gasteiger charge is -2.26. The Morgan fingerprint density at radius 1 is 1.00 bits per heavy atom. The van der Waals surface area contributed by atoms with Gasteiger partial charge in [0.2, 0.25) is 0 Å². The Morgan fingerprint density at radius 3 is 2.31 bits per heavy atom. The normalized spacial score (nSPS) is 17.2. The topological polar surface area (TPSA) is 76.1 Å². The molecule has 1 fully saturated rings. The second kappa shape index (κ2) is 10.0. The fourth-order valence-electron chi connectivity index (χ4n) is 4.11. The first kappa shape index (κ1) is 24.0. The number of carbonyl (C=O) groups excluding carboxylic acids is 2. The zero-order valence-corrected chi connectivity index (χ0v) is 19.7. The number of aliphatic hydroxyl groups excluding tert-OH is 1. The van der Waals surface area contributed by atoms with Gasteiger partial charge in [0.25, 0.3) is 11.7 Å². The van der Waals surface area contributed by atoms with Crippen LogP contribution in [0.2, 0.25) is 0 Å². The van der Waals surface area contributed by atoms with E-state index >= 15 is 0 Å². The molecule has 3 aromatic rings. The predicted octanol–water partition coefficient (Wildman–Crippen LogP) is 5.24. The third-order valence-electron chi connectivity index (χ3n) is 5.72. The maximum atomic E-state index is 13.4. The Kier molecular flexibility index (Phi) is 6.87. The monoisotopic (exact) mass is 475 g/mol. The molecule has 1 aliphatic heterocycles. The van der Waals surface area contributed by atoms with Crippen LogP contribution in [0.4, 0.5) is 4.39 Å². The van der Waals surface area contributed by atoms with Gasteiger partial charge in [-0.05, 0) is 73.5 Å². The van der Waals surface area contributed by atoms with Gasteiger partial charge in [0, 0.05) is 12.1 Å². The van der Waals surface area contributed by atoms with Crippen LogP contribution in [0.1, 0.15) is 36.6 Å². The van der Waals surface area contributed by atoms with Gasteiger partial charge in [-0.25, -0.2) is 4.39 Å². The number of nitrogens with zero attached hydrogens (tertiary/aromatic N) is 1. The number of hydrogen-bond acceptors (Lipinski definition) is 5. The molecule has 4 rings (SSSR count). The largest absolute Gasteiger partial charge is 0.507 e. The lowest BCUT2D eigenvalue weighted by atomic mass is 9.95. The minimum atomic E-state index is -0.859. The van der Waals surface area contributed by atoms with Gasteiger partial charge in [-0.2, -0.15) is 0 Å². The van der Waals surface area contributed by atoms with Crippen LogP contribution in [0.25, 0.3) is 5.76 Å². The summed E-state index contributed by atoms with van der Waals surface area (Å²) in [5, 5.41) is 11.1. The molecule has 0 bridgehead atoms. The van der Waals surface area contributed by atoms with Gasteiger partial charge in [0.05, 0.1) is 24.8 Å². The molecule has 0 spiro atoms. The summed E-state index contributed by atoms with van der Waals surface area (Å²) in [6.07, 6.45) is 0.0261. The van der Waals surface area contributed by atoms with Crippen LogP contribution in [0, 0.1) is 5.82 Å². The molecule has 1 amide bonds. The van der Waals surface area contributed by atoms with Crippen molar-refractivity contribution in [2.45, 2.75) is 32.5 Å². The number of aliphatic hydroxyl groups is 1. The molecule has 0 radical (unpaired) electrons. The maximum absolute atomic E-state index is 13.4. The van der Waals surface area contributed by atoms with Crippen LogP contribution < -0.4 is 9.47 Å². The highest BCUT2D eigenvalue weighted by Gasteiger charge is 2.46. The van der Waals surface area contributed by atoms with Gasteiger partial charge in [0.1, 0.15) is 23.1 Å². The summed E-state index contributed by atoms with van der Waals surface area (Å²) in [6.45, 7) is 4.00. The Morgan fingerprint density at radius 2 is 1.69 bits per heavy atom. The van der Waals surface area contributed by atoms with E-state index in [1.54, 1.807) is 24.3 Å². The van der Waals surface area contributed by atoms with Crippen LogP contribution >= 0.6 is 0 Å². The molecule has 1 aliphatic rings. The molecule has 1 heterocycles. The first-order valence-electron chi connectivity index (χ1n) is 11.2. The molecular formula is C28H26FNO5. The van der Waals surface area contributed by atoms with Crippen molar-refractivity contribution in [3.8, 4) is 11.5 Å². The van der Waals surface area contributed by atoms with Crippen molar-refractivity contribution >= 4 is 17.4 Å². The van der Waals surface area contributed by atoms with Gasteiger partial charge in [-0.15, -0.1) is 0 Å². The zero-order valence-electron chi connectivity index (χ0n) is 19.7. The van der Waals surface area contributed by atoms with Crippen LogP contribution in [-0.4, -0.2) is 34.9 Å². The molecular weight excluding hydrogens is 449 g/mol. The number of carbonyl (C=O) groups is 2. The molecule has 0 aliphatic carbocycles. The third-order valence-corrected chi connectivity index (χ3v) is 5.72. The van der Waals surface area contributed by atoms with E-state index in [9.17, 15) is 19.1 Å². The molecule has 3 aromatic carbocycles. The van der Waals surface area contributed by atoms with Crippen LogP contribution in [0.5, 0.6) is 11.5 Å². The number of rotatable bonds is 7. The number of methoxy groups -OCH3 is 1. The summed E-state index contributed by atoms with van der Waals surface area (Å²) in [4.78, 5) is 27.8. The summed E-state index contributed by atoms with van der Waals surface area (Å²) in [6, 6.07) is 18.5. The number of Topliss-reactive ketones (excluding diaryl/α,β-unsaturated/α-hetero) is 1. The Hall–Kier alpha value is -4.13. The van der Waals surface area contributed by atoms with Gasteiger partial charge in [-0.3, -0.25) is 9.59 Å². The van der Waals surface area contributed by atoms with E-state index in [-0.39, 0.29) is 29.5 Å². The standard InChI is InChI=1S/C28H26FNO5/c1-17(2)35-22-13-7-18(8-14-22)16-30-25(20-5-4-6-23(15-20)34-3)24(27(32)28(30)33)26(31)19-9-11-21(29)12-10-19/h4-15,17,25,31H,16H2,1-3H3/b26-24-. The van der Waals surface area contributed by atoms with E-state index in [0.29, 0.717) is 17.1 Å². The van der Waals surface area contributed by atoms with E-state index in [2.05, 4.69) is 0 Å². The van der Waals surface area contributed by atoms with Crippen LogP contribution in [-0.2, 0) is 16.1 Å². The fraction of sp³-hybridized carbons (Fsp3) is 0.214. The highest BCUT2D eigenvalue weighted by molar-refractivity contribution is 6.46. The zero-order chi connectivity index (χ0) is 25.1. The summed E-state index contributed by atoms with van der Waals surface area (Å²) in [5.74, 6) is -1.13. The number of ketones is 1. The molecule has 1 atom stereocenters. The number of likely N-dealkylation sites (tertiary alicyclic amines) is 1. The smallest absolute Gasteiger partial charge is 0.295 e. The fourth-order valence-corrected chi connectivity index (χ4v) is 4.11. The summed E-state index contributed by atoms with van der Waals surface area (Å²) in [7, 11) is 1.52. The predicted molar refractivity (Wildman–Crippen MR) is 129 cm³/mol. The molecule has 180 valence electrons. The van der Waals surface area contributed by atoms with Crippen molar-refractivity contribution in [1.29, 1.82) is 0 Å². The molecule has 35 heavy (non-hydrogen) atoms. The Balaban J connectivity index is 1.78. The van der Waals surface area contributed by atoms with E-state index in [4.69, 9.17) is 9.47 Å². The Bertz CT molecular complexity index is 1270. The van der Waals surface area contributed by atoms with Gasteiger partial charge in [0.15, 0.2) is 0 Å². The lowest BCUT2D eigenvalue weighted by Crippen LogP contribution is -2.29. The summed E-state index contributed by atoms with van der Waals surface area (Å²) in [5.41, 5.74) is 1.58. The second-order valence-electron chi connectivity index (χ2n) is 8.52. The van der Waals surface area contributed by atoms with Crippen molar-refractivity contribution in [2.75, 3.05) is 7.11 Å². The van der Waals surface area contributed by atoms with Crippen LogP contribution in [0.15, 0.2) is 78.4 Å². The van der Waals surface area contributed by atoms with E-state index in [1.165, 1.54) is 36.3 Å². The number of halogens is 1. The van der Waals surface area contributed by atoms with Crippen molar-refractivity contribution < 1.29 is 28.6 Å². The van der Waals surface area contributed by atoms with Crippen molar-refractivity contribution in [1.82, 2.24) is 4.90 Å². The summed E-state index contributed by atoms with van der Waals surface area (Å²) >= 11 is 0. The SMILES string of the molecule is COc1cccc(C2/C(=C(/O)c3ccc(F)cc3)C(=O)C(=O)N2Cc2ccc(OC(C)C)cc2)c1. The number of hydrogen-bond donors (Lipinski definition) is 1. The number of ether oxygens (including phenoxy) is 2. The highest BCUT2D eigenvalue weighted by Crippen LogP contribution is 2.41. The highest BCUT2D eigenvalue weighted by atomic mass is 19.1. The van der Waals surface area contributed by atoms with Gasteiger partial charge >= 0.3 is 0 Å². The molecule has 0 aromatic heterocycles. The summed E-state index contributed by atoms with van der Waals surface area (Å²) < 4.78 is 24.5. The van der Waals surface area contributed by atoms with Crippen LogP contribution in [0.3, 0.4) is 0 Å². The third kappa shape index (κ3) is 5.04. The molecule has 0 saturated carbocycles. The molecule has 6 nitrogen and oxygen atoms in total. The number of amides is 1. The minimum absolute atomic E-state index is 0.0261. The minimum Gasteiger partial charge on any atom is -0.507 e. The van der Waals surface area contributed by atoms with E-state index < -0.39 is 23.5 Å². The van der Waals surface area contributed by atoms with Gasteiger partial charge in [-0.1, -0.05) is 24.3 Å². The lowest BCUT2D eigenvalue weighted by molar-refractivity contribution is -0.140. The molecule has 7 heteroatoms. The average molecular weight is 476 g/mol. The number of benzene rings is 3. The maximum Gasteiger partial charge on any atom is 0.295 e. The average Bonchev–Trinajstić information content (AvgIpc) is 3.10. The second-order valence-corrected chi connectivity index (χ2v) is 8.52. The van der Waals surface area contributed by atoms with Crippen molar-refractivity contribution in [3.05, 3.63) is 101 Å². The van der Waals surface area contributed by atoms with Crippen molar-refractivity contribution in [3.63, 3.8) is 0 Å². The molecule has 1 saturated heterocycles. The van der Waals surface area contributed by atoms with Gasteiger partial charge < -0.3 is 19.5 Å². The quantitative estimate of drug-likeness (QED) is 0.287. The molecule has 1 unspecified atom stereocenters. The van der Waals surface area contributed by atoms with Crippen molar-refractivity contribution in [2.24, 2.45) is 0 Å². The van der Waals surface area contributed by atoms with E-state index in [0.717, 1.165) is 5.56 Å². The first-order chi connectivity index (χ1) is 16.8. The molecule has 1 N–H and O–H groups in total. The first-order valence-corrected chi connectivity index (χ1v) is 11.2. The Labute approximate surface area is 203 Å². The van der Waals surface area contributed by atoms with E-state index in [1.807, 2.05) is 38.1 Å².